The van der Waals surface area contributed by atoms with E-state index in [1.807, 2.05) is 43.3 Å². The Kier molecular flexibility index (Phi) is 4.04. The van der Waals surface area contributed by atoms with Crippen molar-refractivity contribution in [1.29, 1.82) is 0 Å². The number of hydrogen-bond donors (Lipinski definition) is 2. The van der Waals surface area contributed by atoms with Crippen LogP contribution in [0.1, 0.15) is 16.7 Å². The first-order valence-corrected chi connectivity index (χ1v) is 8.54. The average molecular weight is 343 g/mol. The number of anilines is 1. The Morgan fingerprint density at radius 1 is 0.760 bits per heavy atom. The third-order valence-electron chi connectivity index (χ3n) is 4.32. The van der Waals surface area contributed by atoms with E-state index >= 15 is 0 Å². The fourth-order valence-corrected chi connectivity index (χ4v) is 3.24. The highest BCUT2D eigenvalue weighted by molar-refractivity contribution is 7.80. The van der Waals surface area contributed by atoms with E-state index in [1.165, 1.54) is 11.1 Å². The van der Waals surface area contributed by atoms with Crippen molar-refractivity contribution >= 4 is 28.7 Å². The lowest BCUT2D eigenvalue weighted by Gasteiger charge is -2.10. The summed E-state index contributed by atoms with van der Waals surface area (Å²) < 4.78 is 0. The third kappa shape index (κ3) is 2.92. The van der Waals surface area contributed by atoms with Gasteiger partial charge in [-0.15, -0.1) is 0 Å². The number of hydrazone groups is 1. The van der Waals surface area contributed by atoms with Crippen LogP contribution in [0.25, 0.3) is 11.1 Å². The standard InChI is InChI=1S/C21H17N3S/c1-14-8-2-7-13-19(14)22-21(25)24-23-20-17-11-5-3-9-15(17)16-10-4-6-12-18(16)20/h2-13H,1H3,(H2,22,24,25). The van der Waals surface area contributed by atoms with E-state index in [-0.39, 0.29) is 0 Å². The highest BCUT2D eigenvalue weighted by atomic mass is 32.1. The molecule has 0 saturated carbocycles. The Bertz CT molecular complexity index is 944. The van der Waals surface area contributed by atoms with Gasteiger partial charge in [0.2, 0.25) is 0 Å². The zero-order chi connectivity index (χ0) is 17.2. The van der Waals surface area contributed by atoms with Crippen LogP contribution in [-0.2, 0) is 0 Å². The number of hydrogen-bond acceptors (Lipinski definition) is 2. The second-order valence-corrected chi connectivity index (χ2v) is 6.34. The summed E-state index contributed by atoms with van der Waals surface area (Å²) in [5, 5.41) is 8.27. The van der Waals surface area contributed by atoms with Gasteiger partial charge in [-0.25, -0.2) is 0 Å². The first-order chi connectivity index (χ1) is 12.2. The van der Waals surface area contributed by atoms with Gasteiger partial charge in [-0.2, -0.15) is 5.10 Å². The normalized spacial score (nSPS) is 11.5. The SMILES string of the molecule is Cc1ccccc1NC(=S)NN=C1c2ccccc2-c2ccccc21. The van der Waals surface area contributed by atoms with Crippen molar-refractivity contribution in [3.63, 3.8) is 0 Å². The molecule has 4 rings (SSSR count). The molecule has 0 radical (unpaired) electrons. The van der Waals surface area contributed by atoms with E-state index in [4.69, 9.17) is 12.2 Å². The van der Waals surface area contributed by atoms with Crippen LogP contribution in [0.15, 0.2) is 77.9 Å². The second kappa shape index (κ2) is 6.49. The Morgan fingerprint density at radius 2 is 1.28 bits per heavy atom. The Morgan fingerprint density at radius 3 is 1.88 bits per heavy atom. The van der Waals surface area contributed by atoms with Crippen molar-refractivity contribution in [2.24, 2.45) is 5.10 Å². The number of aryl methyl sites for hydroxylation is 1. The van der Waals surface area contributed by atoms with Crippen LogP contribution in [0.5, 0.6) is 0 Å². The van der Waals surface area contributed by atoms with Crippen LogP contribution in [0.4, 0.5) is 5.69 Å². The molecule has 1 aliphatic rings. The summed E-state index contributed by atoms with van der Waals surface area (Å²) in [7, 11) is 0. The molecule has 0 unspecified atom stereocenters. The molecule has 2 N–H and O–H groups in total. The first kappa shape index (κ1) is 15.5. The summed E-state index contributed by atoms with van der Waals surface area (Å²) in [4.78, 5) is 0. The molecule has 0 aliphatic heterocycles. The van der Waals surface area contributed by atoms with Gasteiger partial charge in [-0.05, 0) is 41.9 Å². The molecule has 122 valence electrons. The number of fused-ring (bicyclic) bond motifs is 3. The zero-order valence-corrected chi connectivity index (χ0v) is 14.6. The topological polar surface area (TPSA) is 36.4 Å². The minimum Gasteiger partial charge on any atom is -0.331 e. The molecule has 1 aliphatic carbocycles. The van der Waals surface area contributed by atoms with Gasteiger partial charge in [0.05, 0.1) is 5.71 Å². The predicted molar refractivity (Wildman–Crippen MR) is 108 cm³/mol. The Labute approximate surface area is 152 Å². The summed E-state index contributed by atoms with van der Waals surface area (Å²) in [6.45, 7) is 2.04. The van der Waals surface area contributed by atoms with Crippen LogP contribution in [0.2, 0.25) is 0 Å². The lowest BCUT2D eigenvalue weighted by Crippen LogP contribution is -2.25. The molecule has 3 aromatic rings. The third-order valence-corrected chi connectivity index (χ3v) is 4.51. The van der Waals surface area contributed by atoms with Crippen LogP contribution >= 0.6 is 12.2 Å². The Balaban J connectivity index is 1.61. The van der Waals surface area contributed by atoms with Crippen LogP contribution in [0.3, 0.4) is 0 Å². The van der Waals surface area contributed by atoms with Crippen molar-refractivity contribution in [2.45, 2.75) is 6.92 Å². The molecule has 3 aromatic carbocycles. The van der Waals surface area contributed by atoms with Gasteiger partial charge in [0.25, 0.3) is 0 Å². The molecule has 0 bridgehead atoms. The molecule has 0 saturated heterocycles. The zero-order valence-electron chi connectivity index (χ0n) is 13.8. The minimum absolute atomic E-state index is 0.476. The molecule has 25 heavy (non-hydrogen) atoms. The molecule has 0 atom stereocenters. The first-order valence-electron chi connectivity index (χ1n) is 8.13. The van der Waals surface area contributed by atoms with Crippen LogP contribution in [0, 0.1) is 6.92 Å². The van der Waals surface area contributed by atoms with E-state index < -0.39 is 0 Å². The fourth-order valence-electron chi connectivity index (χ4n) is 3.08. The van der Waals surface area contributed by atoms with Gasteiger partial charge in [0.1, 0.15) is 0 Å². The maximum absolute atomic E-state index is 5.40. The lowest BCUT2D eigenvalue weighted by atomic mass is 10.1. The van der Waals surface area contributed by atoms with Crippen LogP contribution < -0.4 is 10.7 Å². The van der Waals surface area contributed by atoms with E-state index in [0.717, 1.165) is 28.1 Å². The number of nitrogens with one attached hydrogen (secondary N) is 2. The summed E-state index contributed by atoms with van der Waals surface area (Å²) in [6, 6.07) is 24.6. The van der Waals surface area contributed by atoms with E-state index in [1.54, 1.807) is 0 Å². The van der Waals surface area contributed by atoms with E-state index in [2.05, 4.69) is 52.2 Å². The second-order valence-electron chi connectivity index (χ2n) is 5.93. The molecule has 0 fully saturated rings. The number of rotatable bonds is 2. The van der Waals surface area contributed by atoms with Crippen molar-refractivity contribution in [2.75, 3.05) is 5.32 Å². The number of para-hydroxylation sites is 1. The summed E-state index contributed by atoms with van der Waals surface area (Å²) in [6.07, 6.45) is 0. The number of benzene rings is 3. The molecular formula is C21H17N3S. The van der Waals surface area contributed by atoms with Gasteiger partial charge in [-0.3, -0.25) is 5.43 Å². The smallest absolute Gasteiger partial charge is 0.191 e. The summed E-state index contributed by atoms with van der Waals surface area (Å²) >= 11 is 5.40. The molecule has 4 heteroatoms. The van der Waals surface area contributed by atoms with Gasteiger partial charge in [0, 0.05) is 16.8 Å². The fraction of sp³-hybridized carbons (Fsp3) is 0.0476. The summed E-state index contributed by atoms with van der Waals surface area (Å²) in [5.41, 5.74) is 10.7. The summed E-state index contributed by atoms with van der Waals surface area (Å²) in [5.74, 6) is 0. The van der Waals surface area contributed by atoms with Crippen molar-refractivity contribution in [1.82, 2.24) is 5.43 Å². The highest BCUT2D eigenvalue weighted by Gasteiger charge is 2.23. The maximum atomic E-state index is 5.40. The van der Waals surface area contributed by atoms with E-state index in [9.17, 15) is 0 Å². The van der Waals surface area contributed by atoms with Crippen LogP contribution in [-0.4, -0.2) is 10.8 Å². The minimum atomic E-state index is 0.476. The van der Waals surface area contributed by atoms with Gasteiger partial charge < -0.3 is 5.32 Å². The molecule has 0 aromatic heterocycles. The van der Waals surface area contributed by atoms with Gasteiger partial charge in [0.15, 0.2) is 5.11 Å². The van der Waals surface area contributed by atoms with Gasteiger partial charge in [-0.1, -0.05) is 66.7 Å². The highest BCUT2D eigenvalue weighted by Crippen LogP contribution is 2.36. The monoisotopic (exact) mass is 343 g/mol. The van der Waals surface area contributed by atoms with Crippen molar-refractivity contribution in [3.05, 3.63) is 89.5 Å². The van der Waals surface area contributed by atoms with Gasteiger partial charge >= 0.3 is 0 Å². The lowest BCUT2D eigenvalue weighted by molar-refractivity contribution is 1.04. The van der Waals surface area contributed by atoms with Crippen molar-refractivity contribution < 1.29 is 0 Å². The Hall–Kier alpha value is -2.98. The largest absolute Gasteiger partial charge is 0.331 e. The molecule has 0 heterocycles. The number of thiocarbonyl (C=S) groups is 1. The quantitative estimate of drug-likeness (QED) is 0.409. The van der Waals surface area contributed by atoms with E-state index in [0.29, 0.717) is 5.11 Å². The predicted octanol–water partition coefficient (Wildman–Crippen LogP) is 4.71. The molecule has 0 amide bonds. The van der Waals surface area contributed by atoms with Crippen molar-refractivity contribution in [3.8, 4) is 11.1 Å². The maximum Gasteiger partial charge on any atom is 0.191 e. The number of nitrogens with zero attached hydrogens (tertiary/aromatic N) is 1. The molecule has 3 nitrogen and oxygen atoms in total. The molecular weight excluding hydrogens is 326 g/mol. The molecule has 0 spiro atoms. The average Bonchev–Trinajstić information content (AvgIpc) is 2.96.